The number of terminal acetylenes is 1. The summed E-state index contributed by atoms with van der Waals surface area (Å²) in [6.45, 7) is 10.1. The van der Waals surface area contributed by atoms with Crippen molar-refractivity contribution in [2.24, 2.45) is 28.4 Å². The second kappa shape index (κ2) is 14.1. The van der Waals surface area contributed by atoms with Gasteiger partial charge in [-0.2, -0.15) is 0 Å². The second-order valence-corrected chi connectivity index (χ2v) is 15.8. The summed E-state index contributed by atoms with van der Waals surface area (Å²) in [5.74, 6) is 0.109. The van der Waals surface area contributed by atoms with Crippen molar-refractivity contribution in [2.45, 2.75) is 108 Å². The van der Waals surface area contributed by atoms with Crippen LogP contribution < -0.4 is 21.7 Å². The molecule has 2 aliphatic carbocycles. The molecule has 0 bridgehead atoms. The summed E-state index contributed by atoms with van der Waals surface area (Å²) in [6, 6.07) is 6.72. The lowest BCUT2D eigenvalue weighted by Crippen LogP contribution is -2.63. The Labute approximate surface area is 277 Å². The molecule has 0 radical (unpaired) electrons. The van der Waals surface area contributed by atoms with Crippen LogP contribution in [0.3, 0.4) is 0 Å². The molecule has 11 heteroatoms. The summed E-state index contributed by atoms with van der Waals surface area (Å²) in [5, 5.41) is 8.94. The average molecular weight is 652 g/mol. The van der Waals surface area contributed by atoms with E-state index in [1.165, 1.54) is 0 Å². The van der Waals surface area contributed by atoms with Gasteiger partial charge in [0.1, 0.15) is 12.1 Å². The minimum Gasteiger partial charge on any atom is -0.363 e. The van der Waals surface area contributed by atoms with Crippen molar-refractivity contribution in [3.63, 3.8) is 0 Å². The molecule has 1 aromatic rings. The van der Waals surface area contributed by atoms with E-state index in [2.05, 4.69) is 47.9 Å². The van der Waals surface area contributed by atoms with E-state index in [0.717, 1.165) is 42.8 Å². The number of carbonyl (C=O) groups is 5. The number of piperidine rings is 1. The van der Waals surface area contributed by atoms with Crippen LogP contribution in [0.1, 0.15) is 79.6 Å². The Morgan fingerprint density at radius 1 is 1.07 bits per heavy atom. The van der Waals surface area contributed by atoms with E-state index in [9.17, 15) is 24.0 Å². The molecule has 3 fully saturated rings. The number of likely N-dealkylation sites (tertiary alicyclic amines) is 1. The smallest absolute Gasteiger partial charge is 0.315 e. The molecule has 3 unspecified atom stereocenters. The molecular weight excluding hydrogens is 602 g/mol. The van der Waals surface area contributed by atoms with Crippen LogP contribution in [0.2, 0.25) is 0 Å². The lowest BCUT2D eigenvalue weighted by molar-refractivity contribution is -0.145. The van der Waals surface area contributed by atoms with Crippen molar-refractivity contribution in [3.05, 3.63) is 30.3 Å². The maximum Gasteiger partial charge on any atom is 0.315 e. The minimum atomic E-state index is -1.18. The van der Waals surface area contributed by atoms with Gasteiger partial charge in [-0.1, -0.05) is 72.1 Å². The highest BCUT2D eigenvalue weighted by Crippen LogP contribution is 2.65. The molecule has 1 heterocycles. The zero-order valence-corrected chi connectivity index (χ0v) is 28.5. The lowest BCUT2D eigenvalue weighted by atomic mass is 9.83. The minimum absolute atomic E-state index is 0.0544. The first kappa shape index (κ1) is 35.3. The zero-order valence-electron chi connectivity index (χ0n) is 27.7. The van der Waals surface area contributed by atoms with Crippen molar-refractivity contribution >= 4 is 41.3 Å². The first-order valence-corrected chi connectivity index (χ1v) is 17.2. The number of urea groups is 1. The summed E-state index contributed by atoms with van der Waals surface area (Å²) in [6.07, 6.45) is 10.4. The topological polar surface area (TPSA) is 151 Å². The van der Waals surface area contributed by atoms with Crippen LogP contribution in [0.15, 0.2) is 35.2 Å². The summed E-state index contributed by atoms with van der Waals surface area (Å²) in [7, 11) is 0. The van der Waals surface area contributed by atoms with E-state index in [1.807, 2.05) is 39.0 Å². The van der Waals surface area contributed by atoms with Crippen LogP contribution in [0.5, 0.6) is 0 Å². The number of carbonyl (C=O) groups excluding carboxylic acids is 5. The number of nitrogens with two attached hydrogens (primary N) is 1. The van der Waals surface area contributed by atoms with Crippen molar-refractivity contribution in [3.8, 4) is 12.3 Å². The molecule has 1 aromatic carbocycles. The summed E-state index contributed by atoms with van der Waals surface area (Å²) in [5.41, 5.74) is 3.98. The maximum atomic E-state index is 14.3. The van der Waals surface area contributed by atoms with Crippen LogP contribution in [0.25, 0.3) is 0 Å². The van der Waals surface area contributed by atoms with E-state index in [0.29, 0.717) is 6.54 Å². The maximum absolute atomic E-state index is 14.3. The number of amides is 5. The molecule has 5 atom stereocenters. The fourth-order valence-corrected chi connectivity index (χ4v) is 8.39. The molecule has 0 aromatic heterocycles. The monoisotopic (exact) mass is 651 g/mol. The van der Waals surface area contributed by atoms with Gasteiger partial charge in [0.25, 0.3) is 5.91 Å². The Bertz CT molecular complexity index is 1360. The molecule has 5 amide bonds. The number of nitrogens with zero attached hydrogens (tertiary/aromatic N) is 1. The number of benzene rings is 1. The number of hydrogen-bond donors (Lipinski definition) is 4. The highest BCUT2D eigenvalue weighted by molar-refractivity contribution is 7.99. The van der Waals surface area contributed by atoms with Gasteiger partial charge in [-0.3, -0.25) is 19.2 Å². The molecule has 5 N–H and O–H groups in total. The first-order chi connectivity index (χ1) is 21.6. The molecule has 10 nitrogen and oxygen atoms in total. The van der Waals surface area contributed by atoms with Crippen LogP contribution in [0.4, 0.5) is 4.79 Å². The SMILES string of the molecule is C#CCCC(NC(=O)C1[C@H]2C(CN1C(=O)[C@@H](NC(=O)NC1(CSc3ccccc3)CCCCC1)C(C)(C)C)C2(C)C)C(=O)C(N)=O. The van der Waals surface area contributed by atoms with E-state index < -0.39 is 52.7 Å². The van der Waals surface area contributed by atoms with Crippen LogP contribution in [0, 0.1) is 35.0 Å². The molecule has 0 spiro atoms. The number of ketones is 1. The number of primary amides is 1. The third-order valence-electron chi connectivity index (χ3n) is 10.0. The van der Waals surface area contributed by atoms with Crippen molar-refractivity contribution in [1.82, 2.24) is 20.9 Å². The van der Waals surface area contributed by atoms with Gasteiger partial charge in [0.05, 0.1) is 11.6 Å². The quantitative estimate of drug-likeness (QED) is 0.154. The lowest BCUT2D eigenvalue weighted by Gasteiger charge is -2.40. The number of hydrogen-bond acceptors (Lipinski definition) is 6. The molecular formula is C35H49N5O5S. The van der Waals surface area contributed by atoms with Gasteiger partial charge in [-0.05, 0) is 54.1 Å². The fraction of sp³-hybridized carbons (Fsp3) is 0.629. The Balaban J connectivity index is 1.52. The standard InChI is InChI=1S/C35H49N5O5S/c1-7-8-17-24(27(41)29(36)42)37-30(43)26-25-23(34(25,5)6)20-40(26)31(44)28(33(2,3)4)38-32(45)39-35(18-13-10-14-19-35)21-46-22-15-11-9-12-16-22/h1,9,11-12,15-16,23-26,28H,8,10,13-14,17-21H2,2-6H3,(H2,36,42)(H,37,43)(H2,38,39,45)/t23?,24?,25-,26?,28-/m1/s1. The van der Waals surface area contributed by atoms with Crippen molar-refractivity contribution in [2.75, 3.05) is 12.3 Å². The predicted octanol–water partition coefficient (Wildman–Crippen LogP) is 3.63. The Kier molecular flexibility index (Phi) is 10.8. The highest BCUT2D eigenvalue weighted by atomic mass is 32.2. The van der Waals surface area contributed by atoms with Crippen LogP contribution in [-0.2, 0) is 19.2 Å². The van der Waals surface area contributed by atoms with Gasteiger partial charge >= 0.3 is 6.03 Å². The van der Waals surface area contributed by atoms with Gasteiger partial charge in [0.2, 0.25) is 17.6 Å². The van der Waals surface area contributed by atoms with Gasteiger partial charge in [-0.25, -0.2) is 4.79 Å². The normalized spacial score (nSPS) is 24.0. The van der Waals surface area contributed by atoms with Gasteiger partial charge < -0.3 is 26.6 Å². The number of rotatable bonds is 12. The van der Waals surface area contributed by atoms with E-state index in [-0.39, 0.29) is 36.0 Å². The Morgan fingerprint density at radius 3 is 2.30 bits per heavy atom. The highest BCUT2D eigenvalue weighted by Gasteiger charge is 2.70. The van der Waals surface area contributed by atoms with Crippen LogP contribution in [-0.4, -0.2) is 70.4 Å². The summed E-state index contributed by atoms with van der Waals surface area (Å²) in [4.78, 5) is 68.7. The number of nitrogens with one attached hydrogen (secondary N) is 3. The second-order valence-electron chi connectivity index (χ2n) is 14.8. The third-order valence-corrected chi connectivity index (χ3v) is 11.4. The molecule has 250 valence electrons. The molecule has 4 rings (SSSR count). The third kappa shape index (κ3) is 7.88. The van der Waals surface area contributed by atoms with Crippen molar-refractivity contribution < 1.29 is 24.0 Å². The van der Waals surface area contributed by atoms with Crippen LogP contribution >= 0.6 is 11.8 Å². The van der Waals surface area contributed by atoms with Gasteiger partial charge in [-0.15, -0.1) is 24.1 Å². The van der Waals surface area contributed by atoms with Gasteiger partial charge in [0.15, 0.2) is 0 Å². The van der Waals surface area contributed by atoms with E-state index in [4.69, 9.17) is 12.2 Å². The van der Waals surface area contributed by atoms with Crippen molar-refractivity contribution in [1.29, 1.82) is 0 Å². The molecule has 3 aliphatic rings. The molecule has 46 heavy (non-hydrogen) atoms. The number of thioether (sulfide) groups is 1. The predicted molar refractivity (Wildman–Crippen MR) is 178 cm³/mol. The number of fused-ring (bicyclic) bond motifs is 1. The molecule has 1 saturated heterocycles. The summed E-state index contributed by atoms with van der Waals surface area (Å²) >= 11 is 1.71. The van der Waals surface area contributed by atoms with Gasteiger partial charge in [0, 0.05) is 23.6 Å². The zero-order chi connectivity index (χ0) is 33.9. The van der Waals surface area contributed by atoms with E-state index in [1.54, 1.807) is 16.7 Å². The number of Topliss-reactive ketones (excluding diaryl/α,β-unsaturated/α-hetero) is 1. The molecule has 2 saturated carbocycles. The Morgan fingerprint density at radius 2 is 1.72 bits per heavy atom. The largest absolute Gasteiger partial charge is 0.363 e. The average Bonchev–Trinajstić information content (AvgIpc) is 3.32. The van der Waals surface area contributed by atoms with E-state index >= 15 is 0 Å². The Hall–Kier alpha value is -3.52. The first-order valence-electron chi connectivity index (χ1n) is 16.3. The molecule has 1 aliphatic heterocycles. The summed E-state index contributed by atoms with van der Waals surface area (Å²) < 4.78 is 0. The fourth-order valence-electron chi connectivity index (χ4n) is 7.23.